The second-order valence-corrected chi connectivity index (χ2v) is 4.91. The maximum absolute atomic E-state index is 9.69. The van der Waals surface area contributed by atoms with Gasteiger partial charge in [-0.05, 0) is 33.0 Å². The van der Waals surface area contributed by atoms with Crippen LogP contribution in [0.4, 0.5) is 0 Å². The number of nitrogens with zero attached hydrogens (tertiary/aromatic N) is 1. The van der Waals surface area contributed by atoms with E-state index in [0.717, 1.165) is 0 Å². The molecule has 0 bridgehead atoms. The predicted octanol–water partition coefficient (Wildman–Crippen LogP) is 2.61. The highest BCUT2D eigenvalue weighted by Gasteiger charge is 2.36. The number of hydrogen-bond donors (Lipinski definition) is 1. The fraction of sp³-hybridized carbons (Fsp3) is 0.500. The lowest BCUT2D eigenvalue weighted by atomic mass is 9.92. The minimum atomic E-state index is 0.109. The molecule has 0 aromatic heterocycles. The molecule has 2 nitrogen and oxygen atoms in total. The molecule has 0 fully saturated rings. The van der Waals surface area contributed by atoms with Gasteiger partial charge in [-0.25, -0.2) is 0 Å². The van der Waals surface area contributed by atoms with Gasteiger partial charge in [-0.2, -0.15) is 0 Å². The first-order valence-electron chi connectivity index (χ1n) is 5.04. The van der Waals surface area contributed by atoms with E-state index in [2.05, 4.69) is 44.0 Å². The first kappa shape index (κ1) is 9.38. The molecule has 2 unspecified atom stereocenters. The third-order valence-corrected chi connectivity index (χ3v) is 2.83. The zero-order chi connectivity index (χ0) is 10.3. The van der Waals surface area contributed by atoms with E-state index in [1.807, 2.05) is 6.08 Å². The predicted molar refractivity (Wildman–Crippen MR) is 57.9 cm³/mol. The van der Waals surface area contributed by atoms with Gasteiger partial charge >= 0.3 is 0 Å². The molecule has 2 rings (SSSR count). The Morgan fingerprint density at radius 3 is 2.64 bits per heavy atom. The van der Waals surface area contributed by atoms with E-state index in [1.54, 1.807) is 6.08 Å². The van der Waals surface area contributed by atoms with Crippen molar-refractivity contribution in [3.63, 3.8) is 0 Å². The highest BCUT2D eigenvalue weighted by molar-refractivity contribution is 5.30. The van der Waals surface area contributed by atoms with Gasteiger partial charge < -0.3 is 10.0 Å². The molecule has 0 amide bonds. The van der Waals surface area contributed by atoms with Crippen LogP contribution in [0, 0.1) is 5.92 Å². The van der Waals surface area contributed by atoms with Crippen LogP contribution >= 0.6 is 0 Å². The van der Waals surface area contributed by atoms with Gasteiger partial charge in [-0.15, -0.1) is 0 Å². The summed E-state index contributed by atoms with van der Waals surface area (Å²) in [6.45, 7) is 6.55. The maximum Gasteiger partial charge on any atom is 0.102 e. The molecule has 0 spiro atoms. The van der Waals surface area contributed by atoms with Gasteiger partial charge in [0.05, 0.1) is 12.0 Å². The molecule has 76 valence electrons. The van der Waals surface area contributed by atoms with Gasteiger partial charge in [0.2, 0.25) is 0 Å². The lowest BCUT2D eigenvalue weighted by Crippen LogP contribution is -2.44. The first-order valence-corrected chi connectivity index (χ1v) is 5.04. The van der Waals surface area contributed by atoms with Crippen LogP contribution in [0.2, 0.25) is 0 Å². The van der Waals surface area contributed by atoms with Gasteiger partial charge in [0.1, 0.15) is 5.76 Å². The summed E-state index contributed by atoms with van der Waals surface area (Å²) in [6, 6.07) is 0.292. The Labute approximate surface area is 85.2 Å². The summed E-state index contributed by atoms with van der Waals surface area (Å²) in [5, 5.41) is 9.69. The molecule has 0 aromatic rings. The average Bonchev–Trinajstić information content (AvgIpc) is 2.47. The smallest absolute Gasteiger partial charge is 0.102 e. The molecule has 1 aliphatic heterocycles. The number of rotatable bonds is 0. The molecule has 1 aliphatic carbocycles. The van der Waals surface area contributed by atoms with Crippen molar-refractivity contribution in [2.75, 3.05) is 0 Å². The third kappa shape index (κ3) is 1.35. The summed E-state index contributed by atoms with van der Waals surface area (Å²) in [6.07, 6.45) is 10.0. The Kier molecular flexibility index (Phi) is 1.95. The monoisotopic (exact) mass is 191 g/mol. The number of hydrogen-bond acceptors (Lipinski definition) is 2. The van der Waals surface area contributed by atoms with Crippen LogP contribution in [0.1, 0.15) is 20.8 Å². The molecule has 1 heterocycles. The Bertz CT molecular complexity index is 320. The SMILES string of the molecule is CC(C)(C)N1C=CC2C(O)=CC=CC21. The van der Waals surface area contributed by atoms with E-state index in [1.165, 1.54) is 0 Å². The summed E-state index contributed by atoms with van der Waals surface area (Å²) in [5.41, 5.74) is 0.109. The van der Waals surface area contributed by atoms with E-state index in [-0.39, 0.29) is 11.5 Å². The molecule has 2 atom stereocenters. The minimum Gasteiger partial charge on any atom is -0.512 e. The Hall–Kier alpha value is -1.18. The quantitative estimate of drug-likeness (QED) is 0.636. The lowest BCUT2D eigenvalue weighted by Gasteiger charge is -2.39. The molecule has 0 radical (unpaired) electrons. The number of fused-ring (bicyclic) bond motifs is 1. The van der Waals surface area contributed by atoms with Crippen LogP contribution in [-0.2, 0) is 0 Å². The first-order chi connectivity index (χ1) is 6.50. The van der Waals surface area contributed by atoms with Gasteiger partial charge in [-0.3, -0.25) is 0 Å². The summed E-state index contributed by atoms with van der Waals surface area (Å²) < 4.78 is 0. The molecule has 2 heteroatoms. The molecule has 2 aliphatic rings. The summed E-state index contributed by atoms with van der Waals surface area (Å²) in [5.74, 6) is 0.625. The topological polar surface area (TPSA) is 23.5 Å². The maximum atomic E-state index is 9.69. The van der Waals surface area contributed by atoms with E-state index in [4.69, 9.17) is 0 Å². The average molecular weight is 191 g/mol. The zero-order valence-corrected chi connectivity index (χ0v) is 8.94. The van der Waals surface area contributed by atoms with Crippen LogP contribution in [0.25, 0.3) is 0 Å². The van der Waals surface area contributed by atoms with Crippen LogP contribution in [0.3, 0.4) is 0 Å². The fourth-order valence-corrected chi connectivity index (χ4v) is 2.11. The molecular formula is C12H17NO. The molecular weight excluding hydrogens is 174 g/mol. The standard InChI is InChI=1S/C12H17NO/c1-12(2,3)13-8-7-9-10(13)5-4-6-11(9)14/h4-10,14H,1-3H3. The second-order valence-electron chi connectivity index (χ2n) is 4.91. The van der Waals surface area contributed by atoms with Crippen LogP contribution in [0.5, 0.6) is 0 Å². The van der Waals surface area contributed by atoms with Crippen molar-refractivity contribution < 1.29 is 5.11 Å². The van der Waals surface area contributed by atoms with Gasteiger partial charge in [-0.1, -0.05) is 18.2 Å². The lowest BCUT2D eigenvalue weighted by molar-refractivity contribution is 0.158. The Balaban J connectivity index is 2.27. The number of aliphatic hydroxyl groups is 1. The van der Waals surface area contributed by atoms with Gasteiger partial charge in [0.15, 0.2) is 0 Å². The molecule has 14 heavy (non-hydrogen) atoms. The van der Waals surface area contributed by atoms with E-state index in [9.17, 15) is 5.11 Å². The van der Waals surface area contributed by atoms with Crippen molar-refractivity contribution in [2.45, 2.75) is 32.4 Å². The number of aliphatic hydroxyl groups excluding tert-OH is 1. The van der Waals surface area contributed by atoms with Gasteiger partial charge in [0, 0.05) is 5.54 Å². The third-order valence-electron chi connectivity index (χ3n) is 2.83. The Morgan fingerprint density at radius 1 is 1.29 bits per heavy atom. The van der Waals surface area contributed by atoms with Crippen LogP contribution < -0.4 is 0 Å². The number of allylic oxidation sites excluding steroid dienone is 2. The van der Waals surface area contributed by atoms with Gasteiger partial charge in [0.25, 0.3) is 0 Å². The summed E-state index contributed by atoms with van der Waals surface area (Å²) in [7, 11) is 0. The molecule has 0 aromatic carbocycles. The van der Waals surface area contributed by atoms with E-state index in [0.29, 0.717) is 11.8 Å². The highest BCUT2D eigenvalue weighted by atomic mass is 16.3. The molecule has 1 N–H and O–H groups in total. The van der Waals surface area contributed by atoms with Crippen LogP contribution in [0.15, 0.2) is 36.3 Å². The second kappa shape index (κ2) is 2.91. The highest BCUT2D eigenvalue weighted by Crippen LogP contribution is 2.34. The molecule has 0 saturated heterocycles. The van der Waals surface area contributed by atoms with Crippen molar-refractivity contribution in [3.8, 4) is 0 Å². The largest absolute Gasteiger partial charge is 0.512 e. The van der Waals surface area contributed by atoms with E-state index < -0.39 is 0 Å². The Morgan fingerprint density at radius 2 is 2.00 bits per heavy atom. The zero-order valence-electron chi connectivity index (χ0n) is 8.94. The van der Waals surface area contributed by atoms with Crippen molar-refractivity contribution >= 4 is 0 Å². The van der Waals surface area contributed by atoms with Crippen molar-refractivity contribution in [3.05, 3.63) is 36.3 Å². The van der Waals surface area contributed by atoms with Crippen molar-refractivity contribution in [2.24, 2.45) is 5.92 Å². The normalized spacial score (nSPS) is 30.5. The summed E-state index contributed by atoms with van der Waals surface area (Å²) in [4.78, 5) is 2.29. The van der Waals surface area contributed by atoms with Crippen molar-refractivity contribution in [1.82, 2.24) is 4.90 Å². The fourth-order valence-electron chi connectivity index (χ4n) is 2.11. The van der Waals surface area contributed by atoms with Crippen molar-refractivity contribution in [1.29, 1.82) is 0 Å². The summed E-state index contributed by atoms with van der Waals surface area (Å²) >= 11 is 0. The van der Waals surface area contributed by atoms with E-state index >= 15 is 0 Å². The van der Waals surface area contributed by atoms with Crippen LogP contribution in [-0.4, -0.2) is 21.6 Å². The minimum absolute atomic E-state index is 0.109. The molecule has 0 saturated carbocycles.